The Kier molecular flexibility index (Phi) is 12.5. The van der Waals surface area contributed by atoms with E-state index < -0.39 is 29.8 Å². The van der Waals surface area contributed by atoms with E-state index in [4.69, 9.17) is 78.3 Å². The topological polar surface area (TPSA) is 179 Å². The third-order valence-electron chi connectivity index (χ3n) is 11.9. The molecule has 328 valence electrons. The highest BCUT2D eigenvalue weighted by Gasteiger charge is 2.57. The lowest BCUT2D eigenvalue weighted by molar-refractivity contribution is -0.220. The average molecular weight is 953 g/mol. The van der Waals surface area contributed by atoms with E-state index >= 15 is 0 Å². The van der Waals surface area contributed by atoms with Crippen molar-refractivity contribution in [3.63, 3.8) is 0 Å². The molecular weight excluding hydrogens is 902 g/mol. The van der Waals surface area contributed by atoms with Crippen LogP contribution in [0.3, 0.4) is 0 Å². The monoisotopic (exact) mass is 950 g/mol. The van der Waals surface area contributed by atoms with Crippen LogP contribution in [0, 0.1) is 0 Å². The minimum Gasteiger partial charge on any atom is -0.484 e. The van der Waals surface area contributed by atoms with E-state index in [-0.39, 0.29) is 12.2 Å². The van der Waals surface area contributed by atoms with Gasteiger partial charge in [-0.2, -0.15) is 0 Å². The van der Waals surface area contributed by atoms with Gasteiger partial charge in [0.2, 0.25) is 23.4 Å². The quantitative estimate of drug-likeness (QED) is 0.159. The van der Waals surface area contributed by atoms with Gasteiger partial charge in [0.15, 0.2) is 0 Å². The van der Waals surface area contributed by atoms with Gasteiger partial charge in [-0.25, -0.2) is 29.8 Å². The van der Waals surface area contributed by atoms with Crippen LogP contribution in [-0.2, 0) is 30.6 Å². The number of fused-ring (bicyclic) bond motifs is 4. The third-order valence-corrected chi connectivity index (χ3v) is 12.9. The Bertz CT molecular complexity index is 2360. The molecule has 0 aliphatic carbocycles. The summed E-state index contributed by atoms with van der Waals surface area (Å²) in [7, 11) is 2.11. The Morgan fingerprint density at radius 1 is 0.694 bits per heavy atom. The summed E-state index contributed by atoms with van der Waals surface area (Å²) < 4.78 is 25.7. The number of aliphatic imine (C=N–C) groups is 2. The van der Waals surface area contributed by atoms with E-state index in [1.807, 2.05) is 54.6 Å². The van der Waals surface area contributed by atoms with Crippen LogP contribution in [0.25, 0.3) is 11.1 Å². The minimum absolute atomic E-state index is 0.229. The van der Waals surface area contributed by atoms with Crippen LogP contribution < -0.4 is 26.4 Å². The van der Waals surface area contributed by atoms with E-state index in [2.05, 4.69) is 40.8 Å². The molecule has 0 amide bonds. The van der Waals surface area contributed by atoms with E-state index in [9.17, 15) is 0 Å². The van der Waals surface area contributed by atoms with Gasteiger partial charge in [0.25, 0.3) is 0 Å². The van der Waals surface area contributed by atoms with E-state index in [1.165, 1.54) is 16.2 Å². The highest BCUT2D eigenvalue weighted by Crippen LogP contribution is 2.54. The van der Waals surface area contributed by atoms with Crippen LogP contribution in [0.5, 0.6) is 11.5 Å². The van der Waals surface area contributed by atoms with Gasteiger partial charge in [-0.15, -0.1) is 0 Å². The Hall–Kier alpha value is -4.10. The SMILES string of the molecule is CC1CCC2(CO1)CC1(N=C(N)N(C)O1)c1cc(-c3cccc(Cl)c3)ccc1O2.CC1CCC2(CO1)CC1(N=C(N)N(C)O1)c1cc(Br)ccc1O2.OB(O)c1cccc(Cl)c1. The molecule has 2 fully saturated rings. The maximum Gasteiger partial charge on any atom is 0.488 e. The van der Waals surface area contributed by atoms with Gasteiger partial charge >= 0.3 is 7.12 Å². The molecule has 14 nitrogen and oxygen atoms in total. The zero-order valence-electron chi connectivity index (χ0n) is 34.9. The number of hydroxylamine groups is 4. The van der Waals surface area contributed by atoms with Gasteiger partial charge in [0.1, 0.15) is 22.7 Å². The summed E-state index contributed by atoms with van der Waals surface area (Å²) in [6.07, 6.45) is 5.30. The van der Waals surface area contributed by atoms with E-state index in [1.54, 1.807) is 32.3 Å². The second-order valence-corrected chi connectivity index (χ2v) is 18.5. The Labute approximate surface area is 379 Å². The number of hydrogen-bond acceptors (Lipinski definition) is 14. The number of nitrogens with two attached hydrogens (primary N) is 2. The predicted molar refractivity (Wildman–Crippen MR) is 242 cm³/mol. The van der Waals surface area contributed by atoms with Gasteiger partial charge in [-0.05, 0) is 111 Å². The van der Waals surface area contributed by atoms with Gasteiger partial charge in [0.05, 0.1) is 36.5 Å². The molecule has 4 aromatic carbocycles. The first-order chi connectivity index (χ1) is 29.5. The van der Waals surface area contributed by atoms with Crippen LogP contribution in [0.1, 0.15) is 63.5 Å². The van der Waals surface area contributed by atoms with Crippen LogP contribution >= 0.6 is 39.1 Å². The summed E-state index contributed by atoms with van der Waals surface area (Å²) in [6.45, 7) is 5.22. The first kappa shape index (κ1) is 44.5. The van der Waals surface area contributed by atoms with Crippen molar-refractivity contribution in [2.75, 3.05) is 27.3 Å². The lowest BCUT2D eigenvalue weighted by atomic mass is 9.80. The molecule has 10 rings (SSSR count). The fourth-order valence-electron chi connectivity index (χ4n) is 8.67. The molecule has 4 spiro atoms. The van der Waals surface area contributed by atoms with E-state index in [0.717, 1.165) is 63.9 Å². The summed E-state index contributed by atoms with van der Waals surface area (Å²) in [6, 6.07) is 26.2. The predicted octanol–water partition coefficient (Wildman–Crippen LogP) is 6.61. The van der Waals surface area contributed by atoms with Crippen molar-refractivity contribution in [1.82, 2.24) is 10.1 Å². The first-order valence-electron chi connectivity index (χ1n) is 20.5. The van der Waals surface area contributed by atoms with Crippen molar-refractivity contribution < 1.29 is 38.7 Å². The number of guanidine groups is 2. The van der Waals surface area contributed by atoms with Crippen molar-refractivity contribution in [3.05, 3.63) is 111 Å². The van der Waals surface area contributed by atoms with Gasteiger partial charge in [-0.1, -0.05) is 69.5 Å². The molecule has 0 bridgehead atoms. The number of hydrogen-bond donors (Lipinski definition) is 4. The summed E-state index contributed by atoms with van der Waals surface area (Å²) in [5.41, 5.74) is 13.6. The van der Waals surface area contributed by atoms with Crippen LogP contribution in [0.2, 0.25) is 10.0 Å². The van der Waals surface area contributed by atoms with Crippen LogP contribution in [0.4, 0.5) is 0 Å². The summed E-state index contributed by atoms with van der Waals surface area (Å²) in [4.78, 5) is 21.7. The van der Waals surface area contributed by atoms with Crippen molar-refractivity contribution in [1.29, 1.82) is 0 Å². The number of nitrogens with zero attached hydrogens (tertiary/aromatic N) is 4. The molecule has 2 saturated heterocycles. The molecule has 0 aromatic heterocycles. The van der Waals surface area contributed by atoms with Crippen molar-refractivity contribution in [2.24, 2.45) is 21.5 Å². The zero-order chi connectivity index (χ0) is 44.0. The molecule has 0 radical (unpaired) electrons. The maximum absolute atomic E-state index is 8.65. The lowest BCUT2D eigenvalue weighted by Crippen LogP contribution is -2.54. The number of halogens is 3. The standard InChI is InChI=1S/C22H24ClN3O3.C16H20BrN3O3.C6H6BClO2/c1-14-8-9-21(13-27-14)12-22(25-20(24)26(2)29-22)18-11-16(6-7-19(18)28-21)15-4-3-5-17(23)10-15;1-10-5-6-15(9-21-10)8-16(19-14(18)20(2)23-16)12-7-11(17)3-4-13(12)22-15;8-6-3-1-2-5(4-6)7(9)10/h3-7,10-11,14H,8-9,12-13H2,1-2H3,(H2,24,25);3-4,7,10H,5-6,8-9H2,1-2H3,(H2,18,19);1-4,9-10H. The molecule has 62 heavy (non-hydrogen) atoms. The Morgan fingerprint density at radius 2 is 1.19 bits per heavy atom. The molecule has 6 atom stereocenters. The molecule has 6 unspecified atom stereocenters. The molecule has 6 aliphatic heterocycles. The molecule has 4 aromatic rings. The van der Waals surface area contributed by atoms with Crippen molar-refractivity contribution in [3.8, 4) is 22.6 Å². The molecule has 6 heterocycles. The normalized spacial score (nSPS) is 29.4. The zero-order valence-corrected chi connectivity index (χ0v) is 38.0. The highest BCUT2D eigenvalue weighted by molar-refractivity contribution is 9.10. The second kappa shape index (κ2) is 17.5. The number of rotatable bonds is 2. The number of ether oxygens (including phenoxy) is 4. The smallest absolute Gasteiger partial charge is 0.484 e. The minimum atomic E-state index is -1.43. The Balaban J connectivity index is 0.000000143. The molecule has 6 aliphatic rings. The largest absolute Gasteiger partial charge is 0.488 e. The first-order valence-corrected chi connectivity index (χ1v) is 22.0. The fraction of sp³-hybridized carbons (Fsp3) is 0.409. The highest BCUT2D eigenvalue weighted by atomic mass is 79.9. The van der Waals surface area contributed by atoms with Crippen molar-refractivity contribution in [2.45, 2.75) is 87.2 Å². The second-order valence-electron chi connectivity index (χ2n) is 16.7. The summed E-state index contributed by atoms with van der Waals surface area (Å²) in [5.74, 6) is 2.26. The Morgan fingerprint density at radius 3 is 1.65 bits per heavy atom. The lowest BCUT2D eigenvalue weighted by Gasteiger charge is -2.47. The average Bonchev–Trinajstić information content (AvgIpc) is 3.69. The van der Waals surface area contributed by atoms with Crippen LogP contribution in [0.15, 0.2) is 99.4 Å². The molecular formula is C44H50BBrCl2N6O8. The van der Waals surface area contributed by atoms with Gasteiger partial charge in [0, 0.05) is 41.5 Å². The summed E-state index contributed by atoms with van der Waals surface area (Å²) >= 11 is 15.3. The van der Waals surface area contributed by atoms with E-state index in [0.29, 0.717) is 53.5 Å². The van der Waals surface area contributed by atoms with Crippen molar-refractivity contribution >= 4 is 63.6 Å². The van der Waals surface area contributed by atoms with Gasteiger partial charge in [-0.3, -0.25) is 0 Å². The number of benzene rings is 4. The summed E-state index contributed by atoms with van der Waals surface area (Å²) in [5, 5.41) is 21.5. The molecule has 0 saturated carbocycles. The van der Waals surface area contributed by atoms with Gasteiger partial charge < -0.3 is 40.5 Å². The maximum atomic E-state index is 8.65. The molecule has 6 N–H and O–H groups in total. The fourth-order valence-corrected chi connectivity index (χ4v) is 9.42. The third kappa shape index (κ3) is 9.12. The molecule has 18 heteroatoms. The van der Waals surface area contributed by atoms with Crippen LogP contribution in [-0.4, -0.2) is 89.9 Å².